The van der Waals surface area contributed by atoms with Crippen LogP contribution in [-0.2, 0) is 0 Å². The van der Waals surface area contributed by atoms with E-state index in [1.54, 1.807) is 0 Å². The number of benzene rings is 8. The van der Waals surface area contributed by atoms with Crippen LogP contribution in [0.25, 0.3) is 88.0 Å². The maximum atomic E-state index is 9.39. The molecule has 0 radical (unpaired) electrons. The molecule has 0 bridgehead atoms. The largest absolute Gasteiger partial charge is 0.455 e. The van der Waals surface area contributed by atoms with Crippen LogP contribution in [-0.4, -0.2) is 0 Å². The number of rotatable bonds is 4. The van der Waals surface area contributed by atoms with Gasteiger partial charge in [-0.3, -0.25) is 0 Å². The maximum absolute atomic E-state index is 9.39. The summed E-state index contributed by atoms with van der Waals surface area (Å²) >= 11 is 0. The second kappa shape index (κ2) is 10.4. The summed E-state index contributed by atoms with van der Waals surface area (Å²) in [5, 5.41) is 2.98. The molecule has 0 atom stereocenters. The minimum Gasteiger partial charge on any atom is -0.455 e. The van der Waals surface area contributed by atoms with Crippen LogP contribution >= 0.6 is 0 Å². The summed E-state index contributed by atoms with van der Waals surface area (Å²) in [4.78, 5) is 0. The van der Waals surface area contributed by atoms with Gasteiger partial charge in [-0.1, -0.05) is 170 Å². The van der Waals surface area contributed by atoms with Gasteiger partial charge in [0.25, 0.3) is 0 Å². The van der Waals surface area contributed by atoms with Gasteiger partial charge in [-0.05, 0) is 49.4 Å². The molecule has 1 nitrogen and oxygen atoms in total. The van der Waals surface area contributed by atoms with Crippen molar-refractivity contribution in [3.8, 4) is 44.5 Å². The van der Waals surface area contributed by atoms with E-state index in [9.17, 15) is 1.37 Å². The first-order valence-electron chi connectivity index (χ1n) is 20.0. The molecule has 0 fully saturated rings. The molecule has 0 saturated carbocycles. The lowest BCUT2D eigenvalue weighted by Crippen LogP contribution is -1.91. The molecule has 0 N–H and O–H groups in total. The Labute approximate surface area is 277 Å². The zero-order valence-electron chi connectivity index (χ0n) is 34.7. The maximum Gasteiger partial charge on any atom is 0.143 e. The van der Waals surface area contributed by atoms with E-state index in [1.165, 1.54) is 0 Å². The topological polar surface area (TPSA) is 13.1 Å². The van der Waals surface area contributed by atoms with Crippen molar-refractivity contribution < 1.29 is 19.5 Å². The fourth-order valence-corrected chi connectivity index (χ4v) is 6.34. The van der Waals surface area contributed by atoms with E-state index in [0.29, 0.717) is 5.56 Å². The molecule has 0 amide bonds. The van der Waals surface area contributed by atoms with Crippen LogP contribution in [0.1, 0.15) is 15.1 Å². The third-order valence-electron chi connectivity index (χ3n) is 8.32. The van der Waals surface area contributed by atoms with Gasteiger partial charge < -0.3 is 4.42 Å². The quantitative estimate of drug-likeness (QED) is 0.188. The van der Waals surface area contributed by atoms with Crippen molar-refractivity contribution >= 4 is 43.5 Å². The van der Waals surface area contributed by atoms with E-state index >= 15 is 0 Å². The second-order valence-corrected chi connectivity index (χ2v) is 10.8. The highest BCUT2D eigenvalue weighted by Gasteiger charge is 2.21. The smallest absolute Gasteiger partial charge is 0.143 e. The highest BCUT2D eigenvalue weighted by molar-refractivity contribution is 6.24. The summed E-state index contributed by atoms with van der Waals surface area (Å²) in [6.45, 7) is 0. The minimum absolute atomic E-state index is 0.0446. The second-order valence-electron chi connectivity index (χ2n) is 10.8. The molecule has 210 valence electrons. The summed E-state index contributed by atoms with van der Waals surface area (Å²) in [5.41, 5.74) is 3.77. The normalized spacial score (nSPS) is 15.0. The summed E-state index contributed by atoms with van der Waals surface area (Å²) in [7, 11) is 0. The third-order valence-corrected chi connectivity index (χ3v) is 8.32. The Balaban J connectivity index is 1.42. The van der Waals surface area contributed by atoms with E-state index in [1.807, 2.05) is 66.7 Å². The molecule has 45 heavy (non-hydrogen) atoms. The highest BCUT2D eigenvalue weighted by Crippen LogP contribution is 2.47. The molecule has 1 heteroatoms. The molecule has 1 aromatic heterocycles. The summed E-state index contributed by atoms with van der Waals surface area (Å²) in [6.07, 6.45) is 0. The Morgan fingerprint density at radius 2 is 0.822 bits per heavy atom. The predicted molar refractivity (Wildman–Crippen MR) is 190 cm³/mol. The van der Waals surface area contributed by atoms with Gasteiger partial charge in [0, 0.05) is 27.5 Å². The first-order chi connectivity index (χ1) is 26.9. The number of hydrogen-bond donors (Lipinski definition) is 0. The predicted octanol–water partition coefficient (Wildman–Crippen LogP) is 12.6. The van der Waals surface area contributed by atoms with Gasteiger partial charge in [-0.2, -0.15) is 0 Å². The number of fused-ring (bicyclic) bond motifs is 5. The monoisotopic (exact) mass is 583 g/mol. The Morgan fingerprint density at radius 3 is 1.44 bits per heavy atom. The Bertz CT molecular complexity index is 3050. The van der Waals surface area contributed by atoms with E-state index < -0.39 is 60.4 Å². The zero-order chi connectivity index (χ0) is 39.3. The van der Waals surface area contributed by atoms with Crippen LogP contribution in [0.15, 0.2) is 174 Å². The molecule has 0 aliphatic heterocycles. The fourth-order valence-electron chi connectivity index (χ4n) is 6.34. The van der Waals surface area contributed by atoms with Crippen LogP contribution in [0.3, 0.4) is 0 Å². The molecule has 9 rings (SSSR count). The molecule has 0 aliphatic carbocycles. The molecule has 0 spiro atoms. The molecule has 0 aliphatic rings. The SMILES string of the molecule is [2H]c1c([2H])c([2H])c(-c2c([2H])c([2H])c([2H])c3c2oc2c(-c4c5ccccc5c(-c5ccc(-c6ccccc6)cc5)c5ccccc45)c([2H])c([2H])c([2H])c23)c([2H])c1[2H]. The van der Waals surface area contributed by atoms with Crippen LogP contribution in [0, 0.1) is 0 Å². The molecule has 9 aromatic rings. The van der Waals surface area contributed by atoms with Gasteiger partial charge >= 0.3 is 0 Å². The van der Waals surface area contributed by atoms with Crippen molar-refractivity contribution in [2.45, 2.75) is 0 Å². The van der Waals surface area contributed by atoms with Gasteiger partial charge in [0.15, 0.2) is 0 Å². The van der Waals surface area contributed by atoms with Crippen molar-refractivity contribution in [1.29, 1.82) is 0 Å². The molecular weight excluding hydrogens is 544 g/mol. The molecule has 0 saturated heterocycles. The summed E-state index contributed by atoms with van der Waals surface area (Å²) in [5.74, 6) is 0. The molecule has 1 heterocycles. The van der Waals surface area contributed by atoms with Crippen LogP contribution in [0.5, 0.6) is 0 Å². The standard InChI is InChI=1S/C44H28O/c1-3-13-29(14-4-1)30-25-27-32(28-26-30)41-34-17-7-9-19-36(34)42(37-20-10-8-18-35(37)41)40-24-12-23-39-38-22-11-21-33(43(38)45-44(39)40)31-15-5-2-6-16-31/h1-28H/i2D,5D,6D,11D,12D,15D,16D,21D,22D,23D,24D. The van der Waals surface area contributed by atoms with E-state index in [0.717, 1.165) is 43.8 Å². The summed E-state index contributed by atoms with van der Waals surface area (Å²) < 4.78 is 103. The number of para-hydroxylation sites is 2. The van der Waals surface area contributed by atoms with Gasteiger partial charge in [-0.25, -0.2) is 0 Å². The average Bonchev–Trinajstić information content (AvgIpc) is 3.62. The molecular formula is C44H28O. The lowest BCUT2D eigenvalue weighted by Gasteiger charge is -2.18. The van der Waals surface area contributed by atoms with Crippen molar-refractivity contribution in [2.75, 3.05) is 0 Å². The van der Waals surface area contributed by atoms with Gasteiger partial charge in [0.1, 0.15) is 11.2 Å². The van der Waals surface area contributed by atoms with Gasteiger partial charge in [0.2, 0.25) is 0 Å². The number of hydrogen-bond acceptors (Lipinski definition) is 1. The van der Waals surface area contributed by atoms with Crippen molar-refractivity contribution in [3.63, 3.8) is 0 Å². The van der Waals surface area contributed by atoms with Crippen molar-refractivity contribution in [1.82, 2.24) is 0 Å². The minimum atomic E-state index is -0.650. The first kappa shape index (κ1) is 16.8. The Hall–Kier alpha value is -5.92. The summed E-state index contributed by atoms with van der Waals surface area (Å²) in [6, 6.07) is 27.7. The van der Waals surface area contributed by atoms with E-state index in [4.69, 9.17) is 18.1 Å². The average molecular weight is 584 g/mol. The zero-order valence-corrected chi connectivity index (χ0v) is 23.7. The molecule has 8 aromatic carbocycles. The van der Waals surface area contributed by atoms with Gasteiger partial charge in [0.05, 0.1) is 15.1 Å². The van der Waals surface area contributed by atoms with E-state index in [-0.39, 0.29) is 44.7 Å². The Morgan fingerprint density at radius 1 is 0.333 bits per heavy atom. The number of furan rings is 1. The van der Waals surface area contributed by atoms with Crippen LogP contribution in [0.4, 0.5) is 0 Å². The fraction of sp³-hybridized carbons (Fsp3) is 0. The van der Waals surface area contributed by atoms with E-state index in [2.05, 4.69) is 36.4 Å². The Kier molecular flexibility index (Phi) is 3.87. The van der Waals surface area contributed by atoms with Gasteiger partial charge in [-0.15, -0.1) is 0 Å². The first-order valence-corrected chi connectivity index (χ1v) is 14.5. The van der Waals surface area contributed by atoms with Crippen LogP contribution < -0.4 is 0 Å². The van der Waals surface area contributed by atoms with Crippen molar-refractivity contribution in [3.05, 3.63) is 170 Å². The lowest BCUT2D eigenvalue weighted by atomic mass is 9.85. The third kappa shape index (κ3) is 4.09. The lowest BCUT2D eigenvalue weighted by molar-refractivity contribution is 0.671. The highest BCUT2D eigenvalue weighted by atomic mass is 16.3. The molecule has 0 unspecified atom stereocenters. The van der Waals surface area contributed by atoms with Crippen molar-refractivity contribution in [2.24, 2.45) is 0 Å². The van der Waals surface area contributed by atoms with Crippen LogP contribution in [0.2, 0.25) is 0 Å².